The van der Waals surface area contributed by atoms with Gasteiger partial charge in [0.05, 0.1) is 37.7 Å². The first-order valence-electron chi connectivity index (χ1n) is 10.3. The highest BCUT2D eigenvalue weighted by atomic mass is 16.5. The van der Waals surface area contributed by atoms with Crippen molar-refractivity contribution in [1.29, 1.82) is 0 Å². The molecule has 0 N–H and O–H groups in total. The van der Waals surface area contributed by atoms with Gasteiger partial charge in [-0.25, -0.2) is 4.68 Å². The van der Waals surface area contributed by atoms with Crippen molar-refractivity contribution >= 4 is 5.69 Å². The number of pyridine rings is 2. The van der Waals surface area contributed by atoms with Crippen LogP contribution in [0.5, 0.6) is 5.75 Å². The maximum absolute atomic E-state index is 12.8. The second-order valence-electron chi connectivity index (χ2n) is 7.80. The zero-order valence-electron chi connectivity index (χ0n) is 17.8. The van der Waals surface area contributed by atoms with E-state index in [0.29, 0.717) is 24.5 Å². The minimum atomic E-state index is -0.187. The van der Waals surface area contributed by atoms with Crippen LogP contribution < -0.4 is 15.2 Å². The lowest BCUT2D eigenvalue weighted by molar-refractivity contribution is 0.167. The van der Waals surface area contributed by atoms with Crippen LogP contribution in [0.3, 0.4) is 0 Å². The van der Waals surface area contributed by atoms with E-state index in [2.05, 4.69) is 25.1 Å². The number of nitrogens with zero attached hydrogens (tertiary/aromatic N) is 6. The summed E-state index contributed by atoms with van der Waals surface area (Å²) in [6.07, 6.45) is 6.93. The third-order valence-corrected chi connectivity index (χ3v) is 5.48. The van der Waals surface area contributed by atoms with Crippen LogP contribution in [0.2, 0.25) is 0 Å². The van der Waals surface area contributed by atoms with Gasteiger partial charge in [0.1, 0.15) is 23.3 Å². The van der Waals surface area contributed by atoms with Gasteiger partial charge in [-0.15, -0.1) is 0 Å². The van der Waals surface area contributed by atoms with Crippen molar-refractivity contribution < 1.29 is 9.26 Å². The summed E-state index contributed by atoms with van der Waals surface area (Å²) in [5, 5.41) is 8.55. The van der Waals surface area contributed by atoms with E-state index < -0.39 is 0 Å². The second-order valence-corrected chi connectivity index (χ2v) is 7.80. The topological polar surface area (TPSA) is 99.2 Å². The zero-order chi connectivity index (χ0) is 22.1. The molecule has 4 aromatic heterocycles. The van der Waals surface area contributed by atoms with Crippen molar-refractivity contribution in [2.24, 2.45) is 0 Å². The Kier molecular flexibility index (Phi) is 5.14. The smallest absolute Gasteiger partial charge is 0.269 e. The van der Waals surface area contributed by atoms with Gasteiger partial charge in [0.15, 0.2) is 0 Å². The van der Waals surface area contributed by atoms with Gasteiger partial charge in [-0.05, 0) is 38.1 Å². The lowest BCUT2D eigenvalue weighted by Crippen LogP contribution is -2.54. The molecule has 0 atom stereocenters. The molecule has 32 heavy (non-hydrogen) atoms. The summed E-state index contributed by atoms with van der Waals surface area (Å²) in [6.45, 7) is 5.40. The van der Waals surface area contributed by atoms with Gasteiger partial charge in [0.25, 0.3) is 5.56 Å². The fraction of sp³-hybridized carbons (Fsp3) is 0.261. The average molecular weight is 430 g/mol. The van der Waals surface area contributed by atoms with E-state index in [1.54, 1.807) is 30.9 Å². The third-order valence-electron chi connectivity index (χ3n) is 5.48. The fourth-order valence-corrected chi connectivity index (χ4v) is 3.61. The van der Waals surface area contributed by atoms with Crippen LogP contribution in [-0.2, 0) is 6.54 Å². The quantitative estimate of drug-likeness (QED) is 0.460. The number of aromatic nitrogens is 5. The van der Waals surface area contributed by atoms with Crippen molar-refractivity contribution in [2.75, 3.05) is 18.0 Å². The predicted molar refractivity (Wildman–Crippen MR) is 118 cm³/mol. The summed E-state index contributed by atoms with van der Waals surface area (Å²) in [4.78, 5) is 23.2. The van der Waals surface area contributed by atoms with E-state index in [0.717, 1.165) is 28.3 Å². The number of aryl methyl sites for hydroxylation is 2. The largest absolute Gasteiger partial charge is 0.485 e. The van der Waals surface area contributed by atoms with Gasteiger partial charge in [-0.2, -0.15) is 5.10 Å². The molecule has 0 aliphatic carbocycles. The van der Waals surface area contributed by atoms with Crippen molar-refractivity contribution in [3.63, 3.8) is 0 Å². The Bertz CT molecular complexity index is 1280. The Morgan fingerprint density at radius 2 is 2.03 bits per heavy atom. The lowest BCUT2D eigenvalue weighted by Gasteiger charge is -2.40. The molecule has 5 rings (SSSR count). The van der Waals surface area contributed by atoms with Crippen LogP contribution in [0.25, 0.3) is 11.3 Å². The number of rotatable bonds is 6. The van der Waals surface area contributed by atoms with Crippen LogP contribution in [0.15, 0.2) is 64.4 Å². The maximum atomic E-state index is 12.8. The molecule has 0 unspecified atom stereocenters. The van der Waals surface area contributed by atoms with Crippen molar-refractivity contribution in [2.45, 2.75) is 26.5 Å². The summed E-state index contributed by atoms with van der Waals surface area (Å²) in [5.41, 5.74) is 3.84. The Morgan fingerprint density at radius 3 is 2.75 bits per heavy atom. The molecule has 1 saturated heterocycles. The normalized spacial score (nSPS) is 13.8. The van der Waals surface area contributed by atoms with Crippen LogP contribution in [0, 0.1) is 13.8 Å². The van der Waals surface area contributed by atoms with E-state index in [1.165, 1.54) is 4.68 Å². The first-order valence-corrected chi connectivity index (χ1v) is 10.3. The van der Waals surface area contributed by atoms with Crippen LogP contribution in [0.1, 0.15) is 17.0 Å². The summed E-state index contributed by atoms with van der Waals surface area (Å²) < 4.78 is 12.7. The predicted octanol–water partition coefficient (Wildman–Crippen LogP) is 2.62. The molecule has 0 radical (unpaired) electrons. The first kappa shape index (κ1) is 19.9. The van der Waals surface area contributed by atoms with Crippen molar-refractivity contribution in [1.82, 2.24) is 24.9 Å². The summed E-state index contributed by atoms with van der Waals surface area (Å²) >= 11 is 0. The number of hydrogen-bond donors (Lipinski definition) is 0. The molecule has 1 aliphatic rings. The lowest BCUT2D eigenvalue weighted by atomic mass is 10.1. The molecule has 9 nitrogen and oxygen atoms in total. The highest BCUT2D eigenvalue weighted by Gasteiger charge is 2.29. The van der Waals surface area contributed by atoms with E-state index in [-0.39, 0.29) is 18.2 Å². The standard InChI is InChI=1S/C23H22N6O3/c1-15-5-6-17(9-25-15)23-21(16(2)32-27-23)14-29-22(30)8-18(10-26-29)28-12-20(13-28)31-19-4-3-7-24-11-19/h3-11,20H,12-14H2,1-2H3. The van der Waals surface area contributed by atoms with E-state index in [4.69, 9.17) is 9.26 Å². The molecule has 0 amide bonds. The number of ether oxygens (including phenoxy) is 1. The van der Waals surface area contributed by atoms with Crippen LogP contribution in [-0.4, -0.2) is 44.1 Å². The zero-order valence-corrected chi connectivity index (χ0v) is 17.8. The highest BCUT2D eigenvalue weighted by Crippen LogP contribution is 2.26. The van der Waals surface area contributed by atoms with E-state index in [1.807, 2.05) is 38.1 Å². The average Bonchev–Trinajstić information content (AvgIpc) is 3.13. The minimum absolute atomic E-state index is 0.0620. The monoisotopic (exact) mass is 430 g/mol. The third kappa shape index (κ3) is 3.96. The molecule has 0 bridgehead atoms. The summed E-state index contributed by atoms with van der Waals surface area (Å²) in [5.74, 6) is 1.39. The SMILES string of the molecule is Cc1ccc(-c2noc(C)c2Cn2ncc(N3CC(Oc4cccnc4)C3)cc2=O)cn1. The molecule has 9 heteroatoms. The van der Waals surface area contributed by atoms with Gasteiger partial charge < -0.3 is 14.2 Å². The van der Waals surface area contributed by atoms with Crippen molar-refractivity contribution in [3.8, 4) is 17.0 Å². The molecule has 1 fully saturated rings. The summed E-state index contributed by atoms with van der Waals surface area (Å²) in [6, 6.07) is 9.18. The minimum Gasteiger partial charge on any atom is -0.485 e. The fourth-order valence-electron chi connectivity index (χ4n) is 3.61. The molecule has 5 heterocycles. The van der Waals surface area contributed by atoms with Gasteiger partial charge in [0.2, 0.25) is 0 Å². The van der Waals surface area contributed by atoms with E-state index in [9.17, 15) is 4.79 Å². The van der Waals surface area contributed by atoms with Gasteiger partial charge in [-0.1, -0.05) is 5.16 Å². The van der Waals surface area contributed by atoms with Gasteiger partial charge >= 0.3 is 0 Å². The van der Waals surface area contributed by atoms with E-state index >= 15 is 0 Å². The molecular formula is C23H22N6O3. The highest BCUT2D eigenvalue weighted by molar-refractivity contribution is 5.62. The second kappa shape index (κ2) is 8.26. The molecule has 162 valence electrons. The van der Waals surface area contributed by atoms with Gasteiger partial charge in [-0.3, -0.25) is 14.8 Å². The summed E-state index contributed by atoms with van der Waals surface area (Å²) in [7, 11) is 0. The first-order chi connectivity index (χ1) is 15.6. The Morgan fingerprint density at radius 1 is 1.16 bits per heavy atom. The number of hydrogen-bond acceptors (Lipinski definition) is 8. The molecule has 1 aliphatic heterocycles. The van der Waals surface area contributed by atoms with Crippen molar-refractivity contribution in [3.05, 3.63) is 82.5 Å². The Hall–Kier alpha value is -4.01. The molecule has 0 saturated carbocycles. The Labute approximate surface area is 184 Å². The number of anilines is 1. The Balaban J connectivity index is 1.29. The maximum Gasteiger partial charge on any atom is 0.269 e. The van der Waals surface area contributed by atoms with Crippen LogP contribution >= 0.6 is 0 Å². The molecule has 4 aromatic rings. The molecular weight excluding hydrogens is 408 g/mol. The molecule has 0 aromatic carbocycles. The van der Waals surface area contributed by atoms with Crippen LogP contribution in [0.4, 0.5) is 5.69 Å². The molecule has 0 spiro atoms. The van der Waals surface area contributed by atoms with Gasteiger partial charge in [0, 0.05) is 35.3 Å².